The van der Waals surface area contributed by atoms with Crippen LogP contribution in [0.25, 0.3) is 0 Å². The number of esters is 1. The molecule has 2 aromatic carbocycles. The first-order chi connectivity index (χ1) is 15.9. The molecule has 0 saturated carbocycles. The fourth-order valence-corrected chi connectivity index (χ4v) is 4.22. The fraction of sp³-hybridized carbons (Fsp3) is 0.375. The molecule has 1 atom stereocenters. The average Bonchev–Trinajstić information content (AvgIpc) is 2.77. The molecule has 2 amide bonds. The van der Waals surface area contributed by atoms with Gasteiger partial charge in [0.15, 0.2) is 6.61 Å². The summed E-state index contributed by atoms with van der Waals surface area (Å²) >= 11 is 0. The maximum Gasteiger partial charge on any atom is 0.329 e. The second kappa shape index (κ2) is 11.8. The van der Waals surface area contributed by atoms with Gasteiger partial charge in [0, 0.05) is 19.8 Å². The lowest BCUT2D eigenvalue weighted by Crippen LogP contribution is -2.46. The number of carbonyl (C=O) groups excluding carboxylic acids is 3. The van der Waals surface area contributed by atoms with Crippen molar-refractivity contribution in [1.29, 1.82) is 0 Å². The predicted molar refractivity (Wildman–Crippen MR) is 129 cm³/mol. The van der Waals surface area contributed by atoms with E-state index in [1.165, 1.54) is 20.2 Å². The molecule has 0 aliphatic heterocycles. The largest absolute Gasteiger partial charge is 0.454 e. The lowest BCUT2D eigenvalue weighted by Gasteiger charge is -2.21. The Morgan fingerprint density at radius 3 is 2.24 bits per heavy atom. The highest BCUT2D eigenvalue weighted by atomic mass is 32.2. The van der Waals surface area contributed by atoms with Crippen molar-refractivity contribution in [3.05, 3.63) is 59.7 Å². The third-order valence-corrected chi connectivity index (χ3v) is 6.98. The Morgan fingerprint density at radius 1 is 1.00 bits per heavy atom. The number of aryl methyl sites for hydroxylation is 1. The zero-order valence-corrected chi connectivity index (χ0v) is 20.8. The molecule has 0 aliphatic carbocycles. The monoisotopic (exact) mass is 489 g/mol. The molecule has 2 rings (SSSR count). The van der Waals surface area contributed by atoms with E-state index in [-0.39, 0.29) is 28.8 Å². The van der Waals surface area contributed by atoms with Gasteiger partial charge in [-0.1, -0.05) is 50.2 Å². The SMILES string of the molecule is Cc1ccc(NC(=O)COC(=O)[C@@H](NC(=O)Cc2ccccc2)C(C)C)cc1S(=O)(=O)N(C)C. The van der Waals surface area contributed by atoms with Crippen molar-refractivity contribution in [1.82, 2.24) is 9.62 Å². The number of anilines is 1. The van der Waals surface area contributed by atoms with Gasteiger partial charge in [-0.25, -0.2) is 17.5 Å². The second-order valence-electron chi connectivity index (χ2n) is 8.38. The first-order valence-electron chi connectivity index (χ1n) is 10.7. The number of amides is 2. The lowest BCUT2D eigenvalue weighted by atomic mass is 10.0. The third kappa shape index (κ3) is 7.39. The van der Waals surface area contributed by atoms with Crippen LogP contribution in [0.4, 0.5) is 5.69 Å². The normalized spacial score (nSPS) is 12.3. The number of nitrogens with zero attached hydrogens (tertiary/aromatic N) is 1. The zero-order valence-electron chi connectivity index (χ0n) is 20.0. The Labute approximate surface area is 200 Å². The van der Waals surface area contributed by atoms with Crippen molar-refractivity contribution in [2.45, 2.75) is 38.1 Å². The van der Waals surface area contributed by atoms with Crippen LogP contribution in [-0.2, 0) is 35.6 Å². The molecule has 0 spiro atoms. The van der Waals surface area contributed by atoms with Crippen LogP contribution >= 0.6 is 0 Å². The van der Waals surface area contributed by atoms with Gasteiger partial charge in [-0.2, -0.15) is 0 Å². The minimum absolute atomic E-state index is 0.0632. The number of sulfonamides is 1. The summed E-state index contributed by atoms with van der Waals surface area (Å²) < 4.78 is 31.1. The van der Waals surface area contributed by atoms with Gasteiger partial charge in [-0.05, 0) is 36.1 Å². The summed E-state index contributed by atoms with van der Waals surface area (Å²) in [4.78, 5) is 37.3. The molecule has 2 aromatic rings. The summed E-state index contributed by atoms with van der Waals surface area (Å²) in [5.74, 6) is -1.96. The van der Waals surface area contributed by atoms with Gasteiger partial charge < -0.3 is 15.4 Å². The van der Waals surface area contributed by atoms with Crippen LogP contribution in [0.3, 0.4) is 0 Å². The predicted octanol–water partition coefficient (Wildman–Crippen LogP) is 2.11. The number of ether oxygens (including phenoxy) is 1. The standard InChI is InChI=1S/C24H31N3O6S/c1-16(2)23(26-21(28)13-18-9-7-6-8-10-18)24(30)33-15-22(29)25-19-12-11-17(3)20(14-19)34(31,32)27(4)5/h6-12,14,16,23H,13,15H2,1-5H3,(H,25,29)(H,26,28)/t23-/m0/s1. The smallest absolute Gasteiger partial charge is 0.329 e. The van der Waals surface area contributed by atoms with Crippen molar-refractivity contribution in [3.8, 4) is 0 Å². The second-order valence-corrected chi connectivity index (χ2v) is 10.5. The molecule has 0 bridgehead atoms. The van der Waals surface area contributed by atoms with E-state index in [1.807, 2.05) is 30.3 Å². The number of hydrogen-bond acceptors (Lipinski definition) is 6. The fourth-order valence-electron chi connectivity index (χ4n) is 3.08. The highest BCUT2D eigenvalue weighted by molar-refractivity contribution is 7.89. The van der Waals surface area contributed by atoms with E-state index in [2.05, 4.69) is 10.6 Å². The summed E-state index contributed by atoms with van der Waals surface area (Å²) in [6.45, 7) is 4.59. The van der Waals surface area contributed by atoms with Crippen LogP contribution in [0.2, 0.25) is 0 Å². The van der Waals surface area contributed by atoms with Crippen LogP contribution in [0, 0.1) is 12.8 Å². The summed E-state index contributed by atoms with van der Waals surface area (Å²) in [5.41, 5.74) is 1.59. The molecule has 0 unspecified atom stereocenters. The van der Waals surface area contributed by atoms with E-state index in [0.717, 1.165) is 9.87 Å². The third-order valence-electron chi connectivity index (χ3n) is 5.02. The number of carbonyl (C=O) groups is 3. The van der Waals surface area contributed by atoms with Gasteiger partial charge >= 0.3 is 5.97 Å². The Morgan fingerprint density at radius 2 is 1.65 bits per heavy atom. The molecule has 184 valence electrons. The lowest BCUT2D eigenvalue weighted by molar-refractivity contribution is -0.151. The molecule has 0 radical (unpaired) electrons. The number of rotatable bonds is 10. The first-order valence-corrected chi connectivity index (χ1v) is 12.2. The van der Waals surface area contributed by atoms with Crippen LogP contribution in [0.5, 0.6) is 0 Å². The van der Waals surface area contributed by atoms with E-state index < -0.39 is 34.5 Å². The molecule has 0 saturated heterocycles. The Balaban J connectivity index is 1.97. The Hall–Kier alpha value is -3.24. The van der Waals surface area contributed by atoms with Gasteiger partial charge in [0.05, 0.1) is 11.3 Å². The van der Waals surface area contributed by atoms with Gasteiger partial charge in [-0.3, -0.25) is 9.59 Å². The quantitative estimate of drug-likeness (QED) is 0.493. The summed E-state index contributed by atoms with van der Waals surface area (Å²) in [7, 11) is -0.850. The molecule has 0 aromatic heterocycles. The molecule has 2 N–H and O–H groups in total. The maximum absolute atomic E-state index is 12.5. The van der Waals surface area contributed by atoms with Crippen LogP contribution in [-0.4, -0.2) is 57.3 Å². The highest BCUT2D eigenvalue weighted by Gasteiger charge is 2.26. The number of hydrogen-bond donors (Lipinski definition) is 2. The first kappa shape index (κ1) is 27.0. The summed E-state index contributed by atoms with van der Waals surface area (Å²) in [5, 5.41) is 5.19. The Kier molecular flexibility index (Phi) is 9.34. The molecule has 10 heteroatoms. The van der Waals surface area contributed by atoms with Crippen molar-refractivity contribution >= 4 is 33.5 Å². The van der Waals surface area contributed by atoms with Crippen molar-refractivity contribution in [3.63, 3.8) is 0 Å². The molecule has 0 fully saturated rings. The van der Waals surface area contributed by atoms with E-state index in [9.17, 15) is 22.8 Å². The van der Waals surface area contributed by atoms with Crippen molar-refractivity contribution < 1.29 is 27.5 Å². The Bertz CT molecular complexity index is 1130. The molecule has 0 aliphatic rings. The molecular weight excluding hydrogens is 458 g/mol. The van der Waals surface area contributed by atoms with Crippen LogP contribution in [0.15, 0.2) is 53.4 Å². The summed E-state index contributed by atoms with van der Waals surface area (Å²) in [6, 6.07) is 12.7. The molecule has 34 heavy (non-hydrogen) atoms. The van der Waals surface area contributed by atoms with Crippen LogP contribution in [0.1, 0.15) is 25.0 Å². The zero-order chi connectivity index (χ0) is 25.5. The van der Waals surface area contributed by atoms with Gasteiger partial charge in [0.1, 0.15) is 6.04 Å². The maximum atomic E-state index is 12.5. The van der Waals surface area contributed by atoms with Gasteiger partial charge in [0.25, 0.3) is 5.91 Å². The number of benzene rings is 2. The van der Waals surface area contributed by atoms with Gasteiger partial charge in [-0.15, -0.1) is 0 Å². The van der Waals surface area contributed by atoms with E-state index in [4.69, 9.17) is 4.74 Å². The van der Waals surface area contributed by atoms with Crippen LogP contribution < -0.4 is 10.6 Å². The van der Waals surface area contributed by atoms with Crippen molar-refractivity contribution in [2.75, 3.05) is 26.0 Å². The minimum atomic E-state index is -3.69. The van der Waals surface area contributed by atoms with E-state index in [0.29, 0.717) is 5.56 Å². The number of nitrogens with one attached hydrogen (secondary N) is 2. The molecule has 0 heterocycles. The molecular formula is C24H31N3O6S. The minimum Gasteiger partial charge on any atom is -0.454 e. The topological polar surface area (TPSA) is 122 Å². The summed E-state index contributed by atoms with van der Waals surface area (Å²) in [6.07, 6.45) is 0.115. The molecule has 9 nitrogen and oxygen atoms in total. The van der Waals surface area contributed by atoms with E-state index >= 15 is 0 Å². The van der Waals surface area contributed by atoms with Gasteiger partial charge in [0.2, 0.25) is 15.9 Å². The average molecular weight is 490 g/mol. The van der Waals surface area contributed by atoms with E-state index in [1.54, 1.807) is 32.9 Å². The highest BCUT2D eigenvalue weighted by Crippen LogP contribution is 2.22. The van der Waals surface area contributed by atoms with Crippen molar-refractivity contribution in [2.24, 2.45) is 5.92 Å².